The van der Waals surface area contributed by atoms with E-state index in [1.807, 2.05) is 0 Å². The number of hydrogen-bond donors (Lipinski definition) is 1. The maximum atomic E-state index is 12.2. The van der Waals surface area contributed by atoms with Crippen molar-refractivity contribution in [3.05, 3.63) is 30.0 Å². The van der Waals surface area contributed by atoms with Crippen LogP contribution in [0.2, 0.25) is 0 Å². The topological polar surface area (TPSA) is 28.7 Å². The van der Waals surface area contributed by atoms with Crippen LogP contribution < -0.4 is 0 Å². The zero-order valence-electron chi connectivity index (χ0n) is 6.39. The molecular formula is C8H5F3N2. The second-order valence-electron chi connectivity index (χ2n) is 2.67. The Kier molecular flexibility index (Phi) is 1.55. The van der Waals surface area contributed by atoms with Gasteiger partial charge >= 0.3 is 6.18 Å². The summed E-state index contributed by atoms with van der Waals surface area (Å²) in [6.45, 7) is 0. The SMILES string of the molecule is FC(F)(F)c1ccc2[nH]ncc2c1. The Bertz CT molecular complexity index is 430. The molecule has 0 amide bonds. The molecule has 1 aromatic heterocycles. The lowest BCUT2D eigenvalue weighted by Crippen LogP contribution is -2.03. The lowest BCUT2D eigenvalue weighted by Gasteiger charge is -2.05. The van der Waals surface area contributed by atoms with E-state index in [2.05, 4.69) is 10.2 Å². The van der Waals surface area contributed by atoms with Crippen molar-refractivity contribution in [1.29, 1.82) is 0 Å². The molecule has 1 heterocycles. The summed E-state index contributed by atoms with van der Waals surface area (Å²) >= 11 is 0. The van der Waals surface area contributed by atoms with Crippen LogP contribution in [0.15, 0.2) is 24.4 Å². The van der Waals surface area contributed by atoms with Gasteiger partial charge in [0.1, 0.15) is 0 Å². The molecular weight excluding hydrogens is 181 g/mol. The quantitative estimate of drug-likeness (QED) is 0.673. The first-order chi connectivity index (χ1) is 6.07. The molecule has 0 aliphatic heterocycles. The number of rotatable bonds is 0. The third-order valence-electron chi connectivity index (χ3n) is 1.77. The number of aromatic nitrogens is 2. The van der Waals surface area contributed by atoms with E-state index in [4.69, 9.17) is 0 Å². The van der Waals surface area contributed by atoms with Gasteiger partial charge in [-0.25, -0.2) is 0 Å². The first-order valence-corrected chi connectivity index (χ1v) is 3.58. The van der Waals surface area contributed by atoms with Crippen LogP contribution in [0.3, 0.4) is 0 Å². The normalized spacial score (nSPS) is 12.2. The number of alkyl halides is 3. The summed E-state index contributed by atoms with van der Waals surface area (Å²) in [6.07, 6.45) is -2.92. The van der Waals surface area contributed by atoms with Crippen molar-refractivity contribution in [1.82, 2.24) is 10.2 Å². The Morgan fingerprint density at radius 2 is 2.00 bits per heavy atom. The van der Waals surface area contributed by atoms with Crippen LogP contribution in [0, 0.1) is 0 Å². The van der Waals surface area contributed by atoms with Crippen LogP contribution in [0.25, 0.3) is 10.9 Å². The highest BCUT2D eigenvalue weighted by molar-refractivity contribution is 5.78. The fourth-order valence-corrected chi connectivity index (χ4v) is 1.12. The molecule has 0 fully saturated rings. The summed E-state index contributed by atoms with van der Waals surface area (Å²) in [5, 5.41) is 6.68. The van der Waals surface area contributed by atoms with Crippen molar-refractivity contribution in [2.24, 2.45) is 0 Å². The molecule has 2 nitrogen and oxygen atoms in total. The Hall–Kier alpha value is -1.52. The van der Waals surface area contributed by atoms with Gasteiger partial charge in [0.2, 0.25) is 0 Å². The summed E-state index contributed by atoms with van der Waals surface area (Å²) in [5.74, 6) is 0. The highest BCUT2D eigenvalue weighted by Crippen LogP contribution is 2.30. The van der Waals surface area contributed by atoms with Gasteiger partial charge in [0, 0.05) is 5.39 Å². The molecule has 1 N–H and O–H groups in total. The molecule has 0 spiro atoms. The predicted molar refractivity (Wildman–Crippen MR) is 41.1 cm³/mol. The van der Waals surface area contributed by atoms with Crippen molar-refractivity contribution < 1.29 is 13.2 Å². The number of halogens is 3. The lowest BCUT2D eigenvalue weighted by atomic mass is 10.1. The Balaban J connectivity index is 2.61. The van der Waals surface area contributed by atoms with Crippen LogP contribution in [0.1, 0.15) is 5.56 Å². The maximum absolute atomic E-state index is 12.2. The number of aromatic amines is 1. The largest absolute Gasteiger partial charge is 0.416 e. The molecule has 0 saturated heterocycles. The first kappa shape index (κ1) is 8.10. The van der Waals surface area contributed by atoms with E-state index in [1.54, 1.807) is 0 Å². The first-order valence-electron chi connectivity index (χ1n) is 3.58. The van der Waals surface area contributed by atoms with Gasteiger partial charge in [-0.3, -0.25) is 5.10 Å². The van der Waals surface area contributed by atoms with Crippen LogP contribution in [0.5, 0.6) is 0 Å². The van der Waals surface area contributed by atoms with E-state index in [-0.39, 0.29) is 0 Å². The molecule has 0 bridgehead atoms. The van der Waals surface area contributed by atoms with Crippen molar-refractivity contribution >= 4 is 10.9 Å². The summed E-state index contributed by atoms with van der Waals surface area (Å²) in [7, 11) is 0. The molecule has 5 heteroatoms. The van der Waals surface area contributed by atoms with Gasteiger partial charge in [0.25, 0.3) is 0 Å². The van der Waals surface area contributed by atoms with Crippen molar-refractivity contribution in [2.45, 2.75) is 6.18 Å². The van der Waals surface area contributed by atoms with Gasteiger partial charge in [-0.05, 0) is 18.2 Å². The summed E-state index contributed by atoms with van der Waals surface area (Å²) in [4.78, 5) is 0. The second kappa shape index (κ2) is 2.48. The third-order valence-corrected chi connectivity index (χ3v) is 1.77. The van der Waals surface area contributed by atoms with Gasteiger partial charge < -0.3 is 0 Å². The molecule has 2 aromatic rings. The molecule has 0 aliphatic carbocycles. The van der Waals surface area contributed by atoms with Crippen LogP contribution in [-0.2, 0) is 6.18 Å². The molecule has 0 radical (unpaired) electrons. The molecule has 0 aliphatic rings. The van der Waals surface area contributed by atoms with Gasteiger partial charge in [0.05, 0.1) is 17.3 Å². The van der Waals surface area contributed by atoms with Gasteiger partial charge in [-0.2, -0.15) is 18.3 Å². The number of benzene rings is 1. The van der Waals surface area contributed by atoms with Gasteiger partial charge in [-0.15, -0.1) is 0 Å². The average molecular weight is 186 g/mol. The Morgan fingerprint density at radius 1 is 1.23 bits per heavy atom. The standard InChI is InChI=1S/C8H5F3N2/c9-8(10,11)6-1-2-7-5(3-6)4-12-13-7/h1-4H,(H,12,13). The minimum absolute atomic E-state index is 0.467. The third kappa shape index (κ3) is 1.37. The highest BCUT2D eigenvalue weighted by Gasteiger charge is 2.30. The van der Waals surface area contributed by atoms with E-state index >= 15 is 0 Å². The fourth-order valence-electron chi connectivity index (χ4n) is 1.12. The zero-order chi connectivity index (χ0) is 9.47. The minimum Gasteiger partial charge on any atom is -0.278 e. The van der Waals surface area contributed by atoms with Crippen molar-refractivity contribution in [3.8, 4) is 0 Å². The number of H-pyrrole nitrogens is 1. The summed E-state index contributed by atoms with van der Waals surface area (Å²) < 4.78 is 36.6. The Labute approximate surface area is 71.4 Å². The molecule has 2 rings (SSSR count). The maximum Gasteiger partial charge on any atom is 0.416 e. The van der Waals surface area contributed by atoms with Crippen molar-refractivity contribution in [2.75, 3.05) is 0 Å². The van der Waals surface area contributed by atoms with Crippen LogP contribution in [0.4, 0.5) is 13.2 Å². The van der Waals surface area contributed by atoms with Gasteiger partial charge in [0.15, 0.2) is 0 Å². The monoisotopic (exact) mass is 186 g/mol. The molecule has 0 saturated carbocycles. The number of hydrogen-bond acceptors (Lipinski definition) is 1. The van der Waals surface area contributed by atoms with E-state index in [0.29, 0.717) is 10.9 Å². The average Bonchev–Trinajstić information content (AvgIpc) is 2.47. The van der Waals surface area contributed by atoms with E-state index < -0.39 is 11.7 Å². The minimum atomic E-state index is -4.29. The fraction of sp³-hybridized carbons (Fsp3) is 0.125. The van der Waals surface area contributed by atoms with Gasteiger partial charge in [-0.1, -0.05) is 0 Å². The van der Waals surface area contributed by atoms with Crippen LogP contribution in [-0.4, -0.2) is 10.2 Å². The molecule has 0 atom stereocenters. The molecule has 68 valence electrons. The highest BCUT2D eigenvalue weighted by atomic mass is 19.4. The molecule has 13 heavy (non-hydrogen) atoms. The van der Waals surface area contributed by atoms with E-state index in [0.717, 1.165) is 12.1 Å². The lowest BCUT2D eigenvalue weighted by molar-refractivity contribution is -0.137. The second-order valence-corrected chi connectivity index (χ2v) is 2.67. The summed E-state index contributed by atoms with van der Waals surface area (Å²) in [6, 6.07) is 3.46. The predicted octanol–water partition coefficient (Wildman–Crippen LogP) is 2.58. The smallest absolute Gasteiger partial charge is 0.278 e. The number of fused-ring (bicyclic) bond motifs is 1. The molecule has 1 aromatic carbocycles. The Morgan fingerprint density at radius 3 is 2.69 bits per heavy atom. The summed E-state index contributed by atoms with van der Waals surface area (Å²) in [5.41, 5.74) is -0.0469. The van der Waals surface area contributed by atoms with E-state index in [9.17, 15) is 13.2 Å². The van der Waals surface area contributed by atoms with Crippen molar-refractivity contribution in [3.63, 3.8) is 0 Å². The van der Waals surface area contributed by atoms with E-state index in [1.165, 1.54) is 12.3 Å². The zero-order valence-corrected chi connectivity index (χ0v) is 6.39. The number of nitrogens with one attached hydrogen (secondary N) is 1. The number of nitrogens with zero attached hydrogens (tertiary/aromatic N) is 1. The van der Waals surface area contributed by atoms with Crippen LogP contribution >= 0.6 is 0 Å². The molecule has 0 unspecified atom stereocenters.